The highest BCUT2D eigenvalue weighted by Gasteiger charge is 2.06. The van der Waals surface area contributed by atoms with Gasteiger partial charge in [-0.3, -0.25) is 14.5 Å². The first-order chi connectivity index (χ1) is 7.74. The van der Waals surface area contributed by atoms with Crippen molar-refractivity contribution in [3.63, 3.8) is 0 Å². The molecule has 0 spiro atoms. The van der Waals surface area contributed by atoms with Gasteiger partial charge in [0.25, 0.3) is 0 Å². The standard InChI is InChI=1S/C11H13NO4/c1-15-10-4-3-9(5-11(10)16-2)6-12(7-13)8-14/h3-5,7-8H,6H2,1-2H3. The molecule has 0 saturated heterocycles. The molecule has 1 aromatic carbocycles. The van der Waals surface area contributed by atoms with Gasteiger partial charge in [-0.1, -0.05) is 6.07 Å². The molecular formula is C11H13NO4. The summed E-state index contributed by atoms with van der Waals surface area (Å²) >= 11 is 0. The fraction of sp³-hybridized carbons (Fsp3) is 0.273. The van der Waals surface area contributed by atoms with Crippen LogP contribution in [0, 0.1) is 0 Å². The Kier molecular flexibility index (Phi) is 4.32. The van der Waals surface area contributed by atoms with Gasteiger partial charge in [-0.2, -0.15) is 0 Å². The largest absolute Gasteiger partial charge is 0.493 e. The van der Waals surface area contributed by atoms with Crippen LogP contribution in [0.1, 0.15) is 5.56 Å². The Hall–Kier alpha value is -2.04. The van der Waals surface area contributed by atoms with Crippen molar-refractivity contribution in [1.29, 1.82) is 0 Å². The molecule has 0 aromatic heterocycles. The number of ether oxygens (including phenoxy) is 2. The van der Waals surface area contributed by atoms with Crippen LogP contribution >= 0.6 is 0 Å². The maximum absolute atomic E-state index is 10.5. The van der Waals surface area contributed by atoms with Crippen LogP contribution in [-0.4, -0.2) is 31.9 Å². The molecule has 1 aromatic rings. The quantitative estimate of drug-likeness (QED) is 0.670. The summed E-state index contributed by atoms with van der Waals surface area (Å²) in [5.74, 6) is 1.17. The predicted octanol–water partition coefficient (Wildman–Crippen LogP) is 0.819. The average Bonchev–Trinajstić information content (AvgIpc) is 2.35. The number of methoxy groups -OCH3 is 2. The number of carbonyl (C=O) groups is 2. The Morgan fingerprint density at radius 1 is 1.12 bits per heavy atom. The van der Waals surface area contributed by atoms with Crippen LogP contribution in [0.3, 0.4) is 0 Å². The topological polar surface area (TPSA) is 55.8 Å². The summed E-state index contributed by atoms with van der Waals surface area (Å²) in [7, 11) is 3.07. The van der Waals surface area contributed by atoms with E-state index in [2.05, 4.69) is 0 Å². The Bertz CT molecular complexity index is 370. The third kappa shape index (κ3) is 2.73. The number of nitrogens with zero attached hydrogens (tertiary/aromatic N) is 1. The highest BCUT2D eigenvalue weighted by Crippen LogP contribution is 2.27. The summed E-state index contributed by atoms with van der Waals surface area (Å²) < 4.78 is 10.2. The SMILES string of the molecule is COc1ccc(CN(C=O)C=O)cc1OC. The second-order valence-corrected chi connectivity index (χ2v) is 3.07. The Labute approximate surface area is 93.6 Å². The molecule has 0 bridgehead atoms. The highest BCUT2D eigenvalue weighted by atomic mass is 16.5. The van der Waals surface area contributed by atoms with Crippen molar-refractivity contribution in [2.75, 3.05) is 14.2 Å². The van der Waals surface area contributed by atoms with Gasteiger partial charge in [0, 0.05) is 0 Å². The lowest BCUT2D eigenvalue weighted by Gasteiger charge is -2.12. The first-order valence-electron chi connectivity index (χ1n) is 4.62. The normalized spacial score (nSPS) is 9.38. The fourth-order valence-electron chi connectivity index (χ4n) is 1.29. The highest BCUT2D eigenvalue weighted by molar-refractivity contribution is 5.68. The molecule has 5 heteroatoms. The minimum Gasteiger partial charge on any atom is -0.493 e. The van der Waals surface area contributed by atoms with Crippen LogP contribution in [0.4, 0.5) is 0 Å². The third-order valence-corrected chi connectivity index (χ3v) is 2.08. The van der Waals surface area contributed by atoms with Crippen LogP contribution in [0.5, 0.6) is 11.5 Å². The molecule has 0 heterocycles. The fourth-order valence-corrected chi connectivity index (χ4v) is 1.29. The predicted molar refractivity (Wildman–Crippen MR) is 57.2 cm³/mol. The maximum atomic E-state index is 10.5. The van der Waals surface area contributed by atoms with Crippen molar-refractivity contribution < 1.29 is 19.1 Å². The molecule has 0 saturated carbocycles. The van der Waals surface area contributed by atoms with E-state index in [1.807, 2.05) is 0 Å². The van der Waals surface area contributed by atoms with Crippen molar-refractivity contribution in [3.8, 4) is 11.5 Å². The number of amides is 2. The minimum absolute atomic E-state index is 0.216. The lowest BCUT2D eigenvalue weighted by molar-refractivity contribution is -0.129. The van der Waals surface area contributed by atoms with Gasteiger partial charge in [0.1, 0.15) is 0 Å². The molecule has 0 fully saturated rings. The van der Waals surface area contributed by atoms with Crippen molar-refractivity contribution in [3.05, 3.63) is 23.8 Å². The molecule has 0 atom stereocenters. The summed E-state index contributed by atoms with van der Waals surface area (Å²) in [5.41, 5.74) is 0.789. The summed E-state index contributed by atoms with van der Waals surface area (Å²) in [4.78, 5) is 21.9. The van der Waals surface area contributed by atoms with Crippen LogP contribution in [-0.2, 0) is 16.1 Å². The summed E-state index contributed by atoms with van der Waals surface area (Å²) in [6.45, 7) is 0.216. The number of benzene rings is 1. The molecule has 0 unspecified atom stereocenters. The first kappa shape index (κ1) is 12.0. The first-order valence-corrected chi connectivity index (χ1v) is 4.62. The van der Waals surface area contributed by atoms with Gasteiger partial charge in [-0.05, 0) is 17.7 Å². The van der Waals surface area contributed by atoms with Crippen LogP contribution in [0.25, 0.3) is 0 Å². The van der Waals surface area contributed by atoms with Gasteiger partial charge in [0.15, 0.2) is 11.5 Å². The molecule has 1 rings (SSSR count). The second-order valence-electron chi connectivity index (χ2n) is 3.07. The summed E-state index contributed by atoms with van der Waals surface area (Å²) in [5, 5.41) is 0. The van der Waals surface area contributed by atoms with Gasteiger partial charge >= 0.3 is 0 Å². The zero-order valence-corrected chi connectivity index (χ0v) is 9.17. The van der Waals surface area contributed by atoms with E-state index in [-0.39, 0.29) is 6.54 Å². The third-order valence-electron chi connectivity index (χ3n) is 2.08. The van der Waals surface area contributed by atoms with E-state index in [4.69, 9.17) is 9.47 Å². The number of rotatable bonds is 6. The molecule has 2 amide bonds. The van der Waals surface area contributed by atoms with E-state index < -0.39 is 0 Å². The number of imide groups is 1. The second kappa shape index (κ2) is 5.75. The molecule has 0 aliphatic rings. The van der Waals surface area contributed by atoms with Crippen molar-refractivity contribution in [1.82, 2.24) is 4.90 Å². The van der Waals surface area contributed by atoms with Gasteiger partial charge in [0.05, 0.1) is 20.8 Å². The monoisotopic (exact) mass is 223 g/mol. The number of hydrogen-bond acceptors (Lipinski definition) is 4. The van der Waals surface area contributed by atoms with Crippen molar-refractivity contribution in [2.24, 2.45) is 0 Å². The van der Waals surface area contributed by atoms with Gasteiger partial charge in [-0.25, -0.2) is 0 Å². The van der Waals surface area contributed by atoms with E-state index >= 15 is 0 Å². The van der Waals surface area contributed by atoms with E-state index in [0.717, 1.165) is 10.5 Å². The number of carbonyl (C=O) groups excluding carboxylic acids is 2. The molecule has 0 radical (unpaired) electrons. The van der Waals surface area contributed by atoms with E-state index in [1.54, 1.807) is 25.3 Å². The van der Waals surface area contributed by atoms with Crippen molar-refractivity contribution in [2.45, 2.75) is 6.54 Å². The Morgan fingerprint density at radius 2 is 1.75 bits per heavy atom. The Balaban J connectivity index is 2.90. The van der Waals surface area contributed by atoms with Gasteiger partial charge in [0.2, 0.25) is 12.8 Å². The minimum atomic E-state index is 0.216. The smallest absolute Gasteiger partial charge is 0.216 e. The van der Waals surface area contributed by atoms with Crippen molar-refractivity contribution >= 4 is 12.8 Å². The molecule has 5 nitrogen and oxygen atoms in total. The molecule has 86 valence electrons. The zero-order chi connectivity index (χ0) is 12.0. The van der Waals surface area contributed by atoms with E-state index in [1.165, 1.54) is 7.11 Å². The maximum Gasteiger partial charge on any atom is 0.216 e. The molecule has 0 N–H and O–H groups in total. The van der Waals surface area contributed by atoms with Gasteiger partial charge < -0.3 is 9.47 Å². The summed E-state index contributed by atoms with van der Waals surface area (Å²) in [6, 6.07) is 5.21. The van der Waals surface area contributed by atoms with Crippen LogP contribution in [0.15, 0.2) is 18.2 Å². The average molecular weight is 223 g/mol. The lowest BCUT2D eigenvalue weighted by atomic mass is 10.2. The van der Waals surface area contributed by atoms with E-state index in [0.29, 0.717) is 24.3 Å². The molecule has 16 heavy (non-hydrogen) atoms. The van der Waals surface area contributed by atoms with Gasteiger partial charge in [-0.15, -0.1) is 0 Å². The molecule has 0 aliphatic heterocycles. The Morgan fingerprint density at radius 3 is 2.25 bits per heavy atom. The van der Waals surface area contributed by atoms with E-state index in [9.17, 15) is 9.59 Å². The zero-order valence-electron chi connectivity index (χ0n) is 9.17. The molecular weight excluding hydrogens is 210 g/mol. The van der Waals surface area contributed by atoms with Crippen LogP contribution in [0.2, 0.25) is 0 Å². The van der Waals surface area contributed by atoms with Crippen LogP contribution < -0.4 is 9.47 Å². The summed E-state index contributed by atoms with van der Waals surface area (Å²) in [6.07, 6.45) is 0.952. The number of hydrogen-bond donors (Lipinski definition) is 0. The lowest BCUT2D eigenvalue weighted by Crippen LogP contribution is -2.18. The molecule has 0 aliphatic carbocycles.